The molecule has 1 aromatic carbocycles. The van der Waals surface area contributed by atoms with Crippen molar-refractivity contribution in [2.75, 3.05) is 13.7 Å². The number of para-hydroxylation sites is 1. The van der Waals surface area contributed by atoms with Crippen LogP contribution in [0.2, 0.25) is 0 Å². The third-order valence-electron chi connectivity index (χ3n) is 5.02. The Kier molecular flexibility index (Phi) is 8.27. The fourth-order valence-corrected chi connectivity index (χ4v) is 4.84. The summed E-state index contributed by atoms with van der Waals surface area (Å²) in [4.78, 5) is 38.2. The van der Waals surface area contributed by atoms with Crippen LogP contribution in [0.5, 0.6) is 5.75 Å². The standard InChI is InChI=1S/C22H28N3O8P/c1-14(2)19(21(27)30-4)24-34(29,33-16-8-6-5-7-9-16)31-13-17-10-11-18(32-17)25-12-15(3)20(26)23-22(25)28/h5-12,14,17-19H,13H2,1-4H3,(H,24,29)(H,23,26,28)/t17-,18+,19?,34?/m0/s1. The summed E-state index contributed by atoms with van der Waals surface area (Å²) in [6.45, 7) is 4.90. The van der Waals surface area contributed by atoms with Crippen LogP contribution in [0, 0.1) is 12.8 Å². The molecule has 12 heteroatoms. The Balaban J connectivity index is 1.74. The second-order valence-electron chi connectivity index (χ2n) is 8.00. The van der Waals surface area contributed by atoms with Crippen molar-refractivity contribution < 1.29 is 27.9 Å². The van der Waals surface area contributed by atoms with Gasteiger partial charge >= 0.3 is 19.4 Å². The molecular weight excluding hydrogens is 465 g/mol. The van der Waals surface area contributed by atoms with Gasteiger partial charge in [0, 0.05) is 11.8 Å². The molecule has 2 unspecified atom stereocenters. The largest absolute Gasteiger partial charge is 0.468 e. The molecule has 0 radical (unpaired) electrons. The Morgan fingerprint density at radius 1 is 1.24 bits per heavy atom. The number of benzene rings is 1. The average molecular weight is 493 g/mol. The number of nitrogens with one attached hydrogen (secondary N) is 2. The fraction of sp³-hybridized carbons (Fsp3) is 0.409. The van der Waals surface area contributed by atoms with Crippen molar-refractivity contribution in [1.29, 1.82) is 0 Å². The molecule has 2 N–H and O–H groups in total. The number of aromatic nitrogens is 2. The Morgan fingerprint density at radius 3 is 2.59 bits per heavy atom. The maximum Gasteiger partial charge on any atom is 0.459 e. The van der Waals surface area contributed by atoms with Gasteiger partial charge in [0.2, 0.25) is 0 Å². The van der Waals surface area contributed by atoms with Crippen LogP contribution in [0.15, 0.2) is 58.3 Å². The molecule has 2 aromatic rings. The molecule has 1 aliphatic rings. The summed E-state index contributed by atoms with van der Waals surface area (Å²) in [5, 5.41) is 2.68. The van der Waals surface area contributed by atoms with Crippen LogP contribution in [-0.2, 0) is 23.4 Å². The highest BCUT2D eigenvalue weighted by Gasteiger charge is 2.37. The number of carbonyl (C=O) groups excluding carboxylic acids is 1. The summed E-state index contributed by atoms with van der Waals surface area (Å²) < 4.78 is 36.7. The number of nitrogens with zero attached hydrogens (tertiary/aromatic N) is 1. The number of ether oxygens (including phenoxy) is 2. The maximum absolute atomic E-state index is 13.6. The minimum Gasteiger partial charge on any atom is -0.468 e. The molecule has 0 bridgehead atoms. The van der Waals surface area contributed by atoms with Crippen LogP contribution in [0.4, 0.5) is 0 Å². The number of rotatable bonds is 10. The van der Waals surface area contributed by atoms with Gasteiger partial charge in [-0.05, 0) is 31.1 Å². The third kappa shape index (κ3) is 6.32. The summed E-state index contributed by atoms with van der Waals surface area (Å²) in [5.74, 6) is -0.604. The molecule has 0 aliphatic carbocycles. The Morgan fingerprint density at radius 2 is 1.94 bits per heavy atom. The van der Waals surface area contributed by atoms with Crippen LogP contribution in [0.3, 0.4) is 0 Å². The number of methoxy groups -OCH3 is 1. The van der Waals surface area contributed by atoms with Gasteiger partial charge in [0.1, 0.15) is 17.9 Å². The highest BCUT2D eigenvalue weighted by atomic mass is 31.2. The molecule has 1 aromatic heterocycles. The van der Waals surface area contributed by atoms with E-state index in [2.05, 4.69) is 10.1 Å². The number of H-pyrrole nitrogens is 1. The highest BCUT2D eigenvalue weighted by Crippen LogP contribution is 2.46. The molecular formula is C22H28N3O8P. The molecule has 11 nitrogen and oxygen atoms in total. The van der Waals surface area contributed by atoms with E-state index in [1.54, 1.807) is 63.3 Å². The predicted molar refractivity (Wildman–Crippen MR) is 124 cm³/mol. The molecule has 0 fully saturated rings. The van der Waals surface area contributed by atoms with Gasteiger partial charge in [0.15, 0.2) is 6.23 Å². The van der Waals surface area contributed by atoms with E-state index in [1.165, 1.54) is 17.9 Å². The van der Waals surface area contributed by atoms with E-state index in [9.17, 15) is 18.9 Å². The van der Waals surface area contributed by atoms with E-state index in [0.29, 0.717) is 5.56 Å². The smallest absolute Gasteiger partial charge is 0.459 e. The Bertz CT molecular complexity index is 1190. The lowest BCUT2D eigenvalue weighted by molar-refractivity contribution is -0.143. The second kappa shape index (κ2) is 11.0. The van der Waals surface area contributed by atoms with E-state index in [-0.39, 0.29) is 18.3 Å². The van der Waals surface area contributed by atoms with Crippen LogP contribution in [0.1, 0.15) is 25.6 Å². The zero-order chi connectivity index (χ0) is 24.9. The summed E-state index contributed by atoms with van der Waals surface area (Å²) in [6.07, 6.45) is 3.21. The number of hydrogen-bond acceptors (Lipinski definition) is 8. The van der Waals surface area contributed by atoms with Gasteiger partial charge in [-0.25, -0.2) is 9.36 Å². The maximum atomic E-state index is 13.6. The monoisotopic (exact) mass is 493 g/mol. The van der Waals surface area contributed by atoms with Gasteiger partial charge in [-0.15, -0.1) is 0 Å². The molecule has 0 amide bonds. The molecule has 34 heavy (non-hydrogen) atoms. The van der Waals surface area contributed by atoms with E-state index < -0.39 is 43.3 Å². The van der Waals surface area contributed by atoms with E-state index >= 15 is 0 Å². The lowest BCUT2D eigenvalue weighted by Gasteiger charge is -2.27. The average Bonchev–Trinajstić information content (AvgIpc) is 3.27. The minimum atomic E-state index is -4.07. The summed E-state index contributed by atoms with van der Waals surface area (Å²) in [7, 11) is -2.83. The number of aryl methyl sites for hydroxylation is 1. The quantitative estimate of drug-likeness (QED) is 0.290. The summed E-state index contributed by atoms with van der Waals surface area (Å²) in [6, 6.07) is 7.44. The Labute approximate surface area is 196 Å². The zero-order valence-corrected chi connectivity index (χ0v) is 20.2. The van der Waals surface area contributed by atoms with E-state index in [1.807, 2.05) is 0 Å². The Hall–Kier alpha value is -2.98. The molecule has 1 aliphatic heterocycles. The van der Waals surface area contributed by atoms with Gasteiger partial charge in [-0.2, -0.15) is 5.09 Å². The van der Waals surface area contributed by atoms with Crippen molar-refractivity contribution in [2.24, 2.45) is 5.92 Å². The van der Waals surface area contributed by atoms with E-state index in [0.717, 1.165) is 0 Å². The van der Waals surface area contributed by atoms with E-state index in [4.69, 9.17) is 18.5 Å². The van der Waals surface area contributed by atoms with Crippen LogP contribution in [-0.4, -0.2) is 41.4 Å². The minimum absolute atomic E-state index is 0.201. The SMILES string of the molecule is COC(=O)C(NP(=O)(OC[C@@H]1C=C[C@H](n2cc(C)c(=O)[nH]c2=O)O1)Oc1ccccc1)C(C)C. The second-order valence-corrected chi connectivity index (χ2v) is 9.69. The lowest BCUT2D eigenvalue weighted by atomic mass is 10.1. The molecule has 0 saturated carbocycles. The van der Waals surface area contributed by atoms with Gasteiger partial charge in [0.05, 0.1) is 13.7 Å². The van der Waals surface area contributed by atoms with Crippen molar-refractivity contribution in [3.05, 3.63) is 75.1 Å². The lowest BCUT2D eigenvalue weighted by Crippen LogP contribution is -2.41. The number of carbonyl (C=O) groups is 1. The molecule has 0 saturated heterocycles. The highest BCUT2D eigenvalue weighted by molar-refractivity contribution is 7.52. The number of aromatic amines is 1. The normalized spacial score (nSPS) is 20.1. The first-order chi connectivity index (χ1) is 16.1. The first-order valence-corrected chi connectivity index (χ1v) is 12.2. The fourth-order valence-electron chi connectivity index (χ4n) is 3.17. The first-order valence-electron chi connectivity index (χ1n) is 10.6. The third-order valence-corrected chi connectivity index (χ3v) is 6.56. The summed E-state index contributed by atoms with van der Waals surface area (Å²) >= 11 is 0. The van der Waals surface area contributed by atoms with Gasteiger partial charge in [-0.1, -0.05) is 38.1 Å². The van der Waals surface area contributed by atoms with Crippen LogP contribution >= 0.6 is 7.75 Å². The van der Waals surface area contributed by atoms with Crippen LogP contribution < -0.4 is 20.9 Å². The predicted octanol–water partition coefficient (Wildman–Crippen LogP) is 2.29. The number of esters is 1. The topological polar surface area (TPSA) is 138 Å². The van der Waals surface area contributed by atoms with Crippen LogP contribution in [0.25, 0.3) is 0 Å². The van der Waals surface area contributed by atoms with Crippen molar-refractivity contribution in [1.82, 2.24) is 14.6 Å². The molecule has 4 atom stereocenters. The molecule has 0 spiro atoms. The molecule has 2 heterocycles. The molecule has 3 rings (SSSR count). The first kappa shape index (κ1) is 25.6. The summed E-state index contributed by atoms with van der Waals surface area (Å²) in [5.41, 5.74) is -0.744. The number of hydrogen-bond donors (Lipinski definition) is 2. The van der Waals surface area contributed by atoms with Gasteiger partial charge in [0.25, 0.3) is 5.56 Å². The van der Waals surface area contributed by atoms with Gasteiger partial charge in [-0.3, -0.25) is 23.7 Å². The zero-order valence-electron chi connectivity index (χ0n) is 19.3. The molecule has 184 valence electrons. The van der Waals surface area contributed by atoms with Crippen molar-refractivity contribution >= 4 is 13.7 Å². The van der Waals surface area contributed by atoms with Crippen molar-refractivity contribution in [2.45, 2.75) is 39.1 Å². The van der Waals surface area contributed by atoms with Crippen molar-refractivity contribution in [3.8, 4) is 5.75 Å². The van der Waals surface area contributed by atoms with Gasteiger partial charge < -0.3 is 14.0 Å². The van der Waals surface area contributed by atoms with Crippen molar-refractivity contribution in [3.63, 3.8) is 0 Å².